The Hall–Kier alpha value is -2.31. The summed E-state index contributed by atoms with van der Waals surface area (Å²) in [5.74, 6) is -0.679. The SMILES string of the molecule is O=[N+]([O-])c1cc(F)cc(-c2c[nH]nn2)c1. The van der Waals surface area contributed by atoms with Gasteiger partial charge in [-0.05, 0) is 6.07 Å². The zero-order valence-corrected chi connectivity index (χ0v) is 7.35. The molecule has 0 spiro atoms. The van der Waals surface area contributed by atoms with Crippen LogP contribution in [0.5, 0.6) is 0 Å². The highest BCUT2D eigenvalue weighted by molar-refractivity contribution is 5.61. The zero-order valence-electron chi connectivity index (χ0n) is 7.35. The number of nitro groups is 1. The van der Waals surface area contributed by atoms with Gasteiger partial charge in [0.05, 0.1) is 11.0 Å². The maximum atomic E-state index is 13.0. The van der Waals surface area contributed by atoms with Gasteiger partial charge in [0, 0.05) is 17.8 Å². The molecule has 76 valence electrons. The number of halogens is 1. The van der Waals surface area contributed by atoms with Crippen LogP contribution < -0.4 is 0 Å². The van der Waals surface area contributed by atoms with Crippen LogP contribution in [0.15, 0.2) is 24.4 Å². The average molecular weight is 208 g/mol. The molecule has 0 aliphatic carbocycles. The molecule has 15 heavy (non-hydrogen) atoms. The largest absolute Gasteiger partial charge is 0.273 e. The first-order valence-corrected chi connectivity index (χ1v) is 3.98. The Labute approximate surface area is 82.9 Å². The monoisotopic (exact) mass is 208 g/mol. The van der Waals surface area contributed by atoms with Crippen molar-refractivity contribution >= 4 is 5.69 Å². The molecule has 0 aliphatic heterocycles. The van der Waals surface area contributed by atoms with Crippen LogP contribution >= 0.6 is 0 Å². The lowest BCUT2D eigenvalue weighted by molar-refractivity contribution is -0.385. The molecule has 1 heterocycles. The molecule has 1 N–H and O–H groups in total. The second-order valence-electron chi connectivity index (χ2n) is 2.81. The van der Waals surface area contributed by atoms with E-state index in [1.54, 1.807) is 0 Å². The summed E-state index contributed by atoms with van der Waals surface area (Å²) in [6.45, 7) is 0. The zero-order chi connectivity index (χ0) is 10.8. The Bertz CT molecular complexity index is 497. The van der Waals surface area contributed by atoms with Gasteiger partial charge < -0.3 is 0 Å². The van der Waals surface area contributed by atoms with E-state index in [4.69, 9.17) is 0 Å². The molecule has 1 aromatic heterocycles. The molecule has 0 unspecified atom stereocenters. The molecular weight excluding hydrogens is 203 g/mol. The number of nitro benzene ring substituents is 1. The van der Waals surface area contributed by atoms with Crippen LogP contribution in [0.25, 0.3) is 11.3 Å². The Kier molecular flexibility index (Phi) is 2.13. The average Bonchev–Trinajstić information content (AvgIpc) is 2.69. The Morgan fingerprint density at radius 1 is 1.40 bits per heavy atom. The third-order valence-corrected chi connectivity index (χ3v) is 1.81. The summed E-state index contributed by atoms with van der Waals surface area (Å²) in [4.78, 5) is 9.81. The Morgan fingerprint density at radius 2 is 2.20 bits per heavy atom. The lowest BCUT2D eigenvalue weighted by atomic mass is 10.1. The maximum absolute atomic E-state index is 13.0. The van der Waals surface area contributed by atoms with Gasteiger partial charge in [0.15, 0.2) is 0 Å². The quantitative estimate of drug-likeness (QED) is 0.598. The number of aromatic nitrogens is 3. The number of hydrogen-bond acceptors (Lipinski definition) is 4. The Balaban J connectivity index is 2.54. The lowest BCUT2D eigenvalue weighted by Crippen LogP contribution is -1.90. The van der Waals surface area contributed by atoms with Gasteiger partial charge in [-0.25, -0.2) is 4.39 Å². The van der Waals surface area contributed by atoms with Crippen LogP contribution in [-0.2, 0) is 0 Å². The molecule has 0 aliphatic rings. The second-order valence-corrected chi connectivity index (χ2v) is 2.81. The summed E-state index contributed by atoms with van der Waals surface area (Å²) in [7, 11) is 0. The number of rotatable bonds is 2. The Morgan fingerprint density at radius 3 is 2.80 bits per heavy atom. The summed E-state index contributed by atoms with van der Waals surface area (Å²) < 4.78 is 13.0. The van der Waals surface area contributed by atoms with Crippen molar-refractivity contribution in [3.63, 3.8) is 0 Å². The van der Waals surface area contributed by atoms with Gasteiger partial charge in [0.2, 0.25) is 0 Å². The van der Waals surface area contributed by atoms with Gasteiger partial charge in [-0.1, -0.05) is 5.21 Å². The first-order valence-electron chi connectivity index (χ1n) is 3.98. The van der Waals surface area contributed by atoms with Crippen LogP contribution in [0, 0.1) is 15.9 Å². The number of hydrogen-bond donors (Lipinski definition) is 1. The molecule has 0 fully saturated rings. The summed E-state index contributed by atoms with van der Waals surface area (Å²) >= 11 is 0. The molecule has 0 amide bonds. The van der Waals surface area contributed by atoms with Crippen molar-refractivity contribution in [2.75, 3.05) is 0 Å². The van der Waals surface area contributed by atoms with Gasteiger partial charge in [-0.15, -0.1) is 5.10 Å². The second kappa shape index (κ2) is 3.45. The predicted molar refractivity (Wildman–Crippen MR) is 48.4 cm³/mol. The summed E-state index contributed by atoms with van der Waals surface area (Å²) in [6.07, 6.45) is 1.43. The van der Waals surface area contributed by atoms with Gasteiger partial charge in [0.25, 0.3) is 5.69 Å². The van der Waals surface area contributed by atoms with Crippen LogP contribution in [-0.4, -0.2) is 20.3 Å². The number of aromatic amines is 1. The van der Waals surface area contributed by atoms with Gasteiger partial charge in [-0.3, -0.25) is 15.2 Å². The number of nitrogens with zero attached hydrogens (tertiary/aromatic N) is 3. The topological polar surface area (TPSA) is 84.7 Å². The van der Waals surface area contributed by atoms with Gasteiger partial charge in [0.1, 0.15) is 11.5 Å². The van der Waals surface area contributed by atoms with Crippen molar-refractivity contribution in [1.29, 1.82) is 0 Å². The predicted octanol–water partition coefficient (Wildman–Crippen LogP) is 1.52. The molecule has 6 nitrogen and oxygen atoms in total. The minimum atomic E-state index is -0.679. The fraction of sp³-hybridized carbons (Fsp3) is 0. The summed E-state index contributed by atoms with van der Waals surface area (Å²) in [5.41, 5.74) is 0.362. The molecule has 7 heteroatoms. The third-order valence-electron chi connectivity index (χ3n) is 1.81. The van der Waals surface area contributed by atoms with Crippen LogP contribution in [0.3, 0.4) is 0 Å². The number of non-ortho nitro benzene ring substituents is 1. The van der Waals surface area contributed by atoms with Crippen molar-refractivity contribution in [3.8, 4) is 11.3 Å². The number of benzene rings is 1. The minimum Gasteiger partial charge on any atom is -0.265 e. The fourth-order valence-corrected chi connectivity index (χ4v) is 1.17. The molecule has 0 saturated carbocycles. The van der Waals surface area contributed by atoms with E-state index in [0.717, 1.165) is 12.1 Å². The van der Waals surface area contributed by atoms with E-state index in [9.17, 15) is 14.5 Å². The van der Waals surface area contributed by atoms with Crippen LogP contribution in [0.4, 0.5) is 10.1 Å². The fourth-order valence-electron chi connectivity index (χ4n) is 1.17. The molecule has 0 radical (unpaired) electrons. The molecule has 0 saturated heterocycles. The highest BCUT2D eigenvalue weighted by atomic mass is 19.1. The maximum Gasteiger partial charge on any atom is 0.273 e. The van der Waals surface area contributed by atoms with E-state index in [1.807, 2.05) is 0 Å². The minimum absolute atomic E-state index is 0.312. The highest BCUT2D eigenvalue weighted by Gasteiger charge is 2.11. The molecular formula is C8H5FN4O2. The van der Waals surface area contributed by atoms with Gasteiger partial charge in [-0.2, -0.15) is 0 Å². The summed E-state index contributed by atoms with van der Waals surface area (Å²) in [5, 5.41) is 20.0. The first kappa shape index (κ1) is 9.25. The molecule has 2 aromatic rings. The molecule has 2 rings (SSSR count). The molecule has 0 bridgehead atoms. The molecule has 0 atom stereocenters. The van der Waals surface area contributed by atoms with Gasteiger partial charge >= 0.3 is 0 Å². The summed E-state index contributed by atoms with van der Waals surface area (Å²) in [6, 6.07) is 3.25. The number of H-pyrrole nitrogens is 1. The van der Waals surface area contributed by atoms with Crippen molar-refractivity contribution in [2.45, 2.75) is 0 Å². The lowest BCUT2D eigenvalue weighted by Gasteiger charge is -1.96. The van der Waals surface area contributed by atoms with E-state index in [1.165, 1.54) is 12.3 Å². The third kappa shape index (κ3) is 1.80. The van der Waals surface area contributed by atoms with Crippen molar-refractivity contribution < 1.29 is 9.31 Å². The molecule has 1 aromatic carbocycles. The highest BCUT2D eigenvalue weighted by Crippen LogP contribution is 2.23. The van der Waals surface area contributed by atoms with E-state index in [2.05, 4.69) is 15.4 Å². The van der Waals surface area contributed by atoms with Crippen molar-refractivity contribution in [2.24, 2.45) is 0 Å². The van der Waals surface area contributed by atoms with E-state index >= 15 is 0 Å². The van der Waals surface area contributed by atoms with Crippen molar-refractivity contribution in [1.82, 2.24) is 15.4 Å². The van der Waals surface area contributed by atoms with E-state index in [-0.39, 0.29) is 5.69 Å². The van der Waals surface area contributed by atoms with E-state index < -0.39 is 10.7 Å². The number of nitrogens with one attached hydrogen (secondary N) is 1. The van der Waals surface area contributed by atoms with Crippen molar-refractivity contribution in [3.05, 3.63) is 40.3 Å². The first-order chi connectivity index (χ1) is 7.16. The standard InChI is InChI=1S/C8H5FN4O2/c9-6-1-5(8-4-10-12-11-8)2-7(3-6)13(14)15/h1-4H,(H,10,11,12). The van der Waals surface area contributed by atoms with Crippen LogP contribution in [0.2, 0.25) is 0 Å². The van der Waals surface area contributed by atoms with E-state index in [0.29, 0.717) is 11.3 Å². The smallest absolute Gasteiger partial charge is 0.265 e. The normalized spacial score (nSPS) is 10.2. The van der Waals surface area contributed by atoms with Crippen LogP contribution in [0.1, 0.15) is 0 Å².